The molecule has 0 N–H and O–H groups in total. The number of para-hydroxylation sites is 1. The van der Waals surface area contributed by atoms with Gasteiger partial charge in [-0.05, 0) is 31.2 Å². The molecule has 0 saturated heterocycles. The van der Waals surface area contributed by atoms with E-state index in [0.29, 0.717) is 18.0 Å². The number of nitro groups is 1. The number of likely N-dealkylation sites (N-methyl/N-ethyl adjacent to an activating group) is 1. The van der Waals surface area contributed by atoms with Crippen molar-refractivity contribution in [1.82, 2.24) is 4.90 Å². The molecule has 2 rings (SSSR count). The third kappa shape index (κ3) is 4.98. The summed E-state index contributed by atoms with van der Waals surface area (Å²) >= 11 is 0. The molecule has 7 heteroatoms. The van der Waals surface area contributed by atoms with Crippen LogP contribution in [0, 0.1) is 10.1 Å². The largest absolute Gasteiger partial charge is 0.484 e. The van der Waals surface area contributed by atoms with Crippen LogP contribution < -0.4 is 9.47 Å². The van der Waals surface area contributed by atoms with Gasteiger partial charge in [0.05, 0.1) is 4.92 Å². The van der Waals surface area contributed by atoms with Crippen molar-refractivity contribution in [2.24, 2.45) is 0 Å². The van der Waals surface area contributed by atoms with E-state index in [4.69, 9.17) is 9.47 Å². The highest BCUT2D eigenvalue weighted by Crippen LogP contribution is 2.17. The van der Waals surface area contributed by atoms with Gasteiger partial charge in [0, 0.05) is 18.7 Å². The van der Waals surface area contributed by atoms with Crippen LogP contribution in [0.15, 0.2) is 54.6 Å². The summed E-state index contributed by atoms with van der Waals surface area (Å²) in [5.41, 5.74) is -0.0277. The lowest BCUT2D eigenvalue weighted by Crippen LogP contribution is -2.37. The van der Waals surface area contributed by atoms with E-state index in [-0.39, 0.29) is 24.9 Å². The van der Waals surface area contributed by atoms with Crippen molar-refractivity contribution in [3.63, 3.8) is 0 Å². The van der Waals surface area contributed by atoms with Gasteiger partial charge in [-0.3, -0.25) is 14.9 Å². The summed E-state index contributed by atoms with van der Waals surface area (Å²) in [6, 6.07) is 14.8. The molecule has 0 aliphatic heterocycles. The first-order valence-electron chi connectivity index (χ1n) is 7.43. The summed E-state index contributed by atoms with van der Waals surface area (Å²) in [7, 11) is 0. The summed E-state index contributed by atoms with van der Waals surface area (Å²) in [5.74, 6) is 0.848. The van der Waals surface area contributed by atoms with E-state index in [1.807, 2.05) is 37.3 Å². The number of benzene rings is 2. The Hall–Kier alpha value is -3.09. The number of ether oxygens (including phenoxy) is 2. The van der Waals surface area contributed by atoms with E-state index >= 15 is 0 Å². The van der Waals surface area contributed by atoms with Gasteiger partial charge in [0.25, 0.3) is 11.6 Å². The Morgan fingerprint density at radius 2 is 1.67 bits per heavy atom. The molecule has 1 amide bonds. The second kappa shape index (κ2) is 8.52. The third-order valence-corrected chi connectivity index (χ3v) is 3.27. The van der Waals surface area contributed by atoms with Gasteiger partial charge in [0.1, 0.15) is 11.5 Å². The van der Waals surface area contributed by atoms with E-state index < -0.39 is 4.92 Å². The van der Waals surface area contributed by atoms with Crippen molar-refractivity contribution >= 4 is 11.6 Å². The lowest BCUT2D eigenvalue weighted by molar-refractivity contribution is -0.384. The fraction of sp³-hybridized carbons (Fsp3) is 0.235. The zero-order chi connectivity index (χ0) is 17.4. The zero-order valence-electron chi connectivity index (χ0n) is 13.3. The predicted octanol–water partition coefficient (Wildman–Crippen LogP) is 2.86. The second-order valence-corrected chi connectivity index (χ2v) is 4.88. The minimum atomic E-state index is -0.491. The number of hydrogen-bond acceptors (Lipinski definition) is 5. The number of amides is 1. The van der Waals surface area contributed by atoms with Gasteiger partial charge < -0.3 is 14.4 Å². The number of nitro benzene ring substituents is 1. The highest BCUT2D eigenvalue weighted by Gasteiger charge is 2.13. The zero-order valence-corrected chi connectivity index (χ0v) is 13.3. The first kappa shape index (κ1) is 17.3. The minimum Gasteiger partial charge on any atom is -0.484 e. The number of carbonyl (C=O) groups is 1. The van der Waals surface area contributed by atoms with Crippen LogP contribution in [-0.4, -0.2) is 35.6 Å². The van der Waals surface area contributed by atoms with Crippen molar-refractivity contribution in [1.29, 1.82) is 0 Å². The van der Waals surface area contributed by atoms with Crippen molar-refractivity contribution in [3.8, 4) is 11.5 Å². The summed E-state index contributed by atoms with van der Waals surface area (Å²) in [4.78, 5) is 23.8. The van der Waals surface area contributed by atoms with Crippen LogP contribution in [0.25, 0.3) is 0 Å². The van der Waals surface area contributed by atoms with Gasteiger partial charge in [-0.2, -0.15) is 0 Å². The quantitative estimate of drug-likeness (QED) is 0.422. The third-order valence-electron chi connectivity index (χ3n) is 3.27. The molecule has 7 nitrogen and oxygen atoms in total. The number of carbonyl (C=O) groups excluding carboxylic acids is 1. The Bertz CT molecular complexity index is 673. The van der Waals surface area contributed by atoms with Crippen LogP contribution in [0.2, 0.25) is 0 Å². The van der Waals surface area contributed by atoms with Crippen LogP contribution in [0.5, 0.6) is 11.5 Å². The smallest absolute Gasteiger partial charge is 0.269 e. The Labute approximate surface area is 139 Å². The van der Waals surface area contributed by atoms with Crippen molar-refractivity contribution in [2.75, 3.05) is 19.9 Å². The maximum Gasteiger partial charge on any atom is 0.269 e. The Morgan fingerprint density at radius 1 is 1.04 bits per heavy atom. The fourth-order valence-corrected chi connectivity index (χ4v) is 1.91. The number of nitrogens with zero attached hydrogens (tertiary/aromatic N) is 2. The standard InChI is InChI=1S/C17H18N2O5/c1-2-18(13-24-15-6-4-3-5-7-15)17(20)12-23-16-10-8-14(9-11-16)19(21)22/h3-11H,2,12-13H2,1H3. The van der Waals surface area contributed by atoms with Crippen molar-refractivity contribution in [3.05, 3.63) is 64.7 Å². The average molecular weight is 330 g/mol. The van der Waals surface area contributed by atoms with Gasteiger partial charge in [0.2, 0.25) is 0 Å². The minimum absolute atomic E-state index is 0.0277. The van der Waals surface area contributed by atoms with Crippen molar-refractivity contribution < 1.29 is 19.2 Å². The molecule has 0 spiro atoms. The Balaban J connectivity index is 1.84. The van der Waals surface area contributed by atoms with Crippen LogP contribution in [0.1, 0.15) is 6.92 Å². The molecule has 0 saturated carbocycles. The second-order valence-electron chi connectivity index (χ2n) is 4.88. The van der Waals surface area contributed by atoms with E-state index in [2.05, 4.69) is 0 Å². The van der Waals surface area contributed by atoms with Crippen LogP contribution in [-0.2, 0) is 4.79 Å². The van der Waals surface area contributed by atoms with Gasteiger partial charge in [-0.1, -0.05) is 18.2 Å². The normalized spacial score (nSPS) is 10.0. The summed E-state index contributed by atoms with van der Waals surface area (Å²) in [6.45, 7) is 2.29. The number of rotatable bonds is 8. The molecule has 2 aromatic rings. The maximum atomic E-state index is 12.2. The van der Waals surface area contributed by atoms with E-state index in [1.54, 1.807) is 0 Å². The fourth-order valence-electron chi connectivity index (χ4n) is 1.91. The lowest BCUT2D eigenvalue weighted by atomic mass is 10.3. The van der Waals surface area contributed by atoms with Gasteiger partial charge in [-0.25, -0.2) is 0 Å². The van der Waals surface area contributed by atoms with Crippen LogP contribution >= 0.6 is 0 Å². The van der Waals surface area contributed by atoms with E-state index in [9.17, 15) is 14.9 Å². The number of hydrogen-bond donors (Lipinski definition) is 0. The topological polar surface area (TPSA) is 81.9 Å². The molecule has 0 radical (unpaired) electrons. The Kier molecular flexibility index (Phi) is 6.13. The first-order valence-corrected chi connectivity index (χ1v) is 7.43. The molecular formula is C17H18N2O5. The highest BCUT2D eigenvalue weighted by atomic mass is 16.6. The van der Waals surface area contributed by atoms with Gasteiger partial charge >= 0.3 is 0 Å². The molecule has 0 aliphatic carbocycles. The van der Waals surface area contributed by atoms with Crippen LogP contribution in [0.4, 0.5) is 5.69 Å². The molecular weight excluding hydrogens is 312 g/mol. The monoisotopic (exact) mass is 330 g/mol. The van der Waals surface area contributed by atoms with Gasteiger partial charge in [0.15, 0.2) is 13.3 Å². The summed E-state index contributed by atoms with van der Waals surface area (Å²) in [5, 5.41) is 10.6. The molecule has 0 fully saturated rings. The molecule has 0 unspecified atom stereocenters. The average Bonchev–Trinajstić information content (AvgIpc) is 2.61. The highest BCUT2D eigenvalue weighted by molar-refractivity contribution is 5.77. The van der Waals surface area contributed by atoms with E-state index in [1.165, 1.54) is 29.2 Å². The molecule has 24 heavy (non-hydrogen) atoms. The predicted molar refractivity (Wildman–Crippen MR) is 87.9 cm³/mol. The first-order chi connectivity index (χ1) is 11.6. The van der Waals surface area contributed by atoms with Gasteiger partial charge in [-0.15, -0.1) is 0 Å². The molecule has 0 aliphatic rings. The van der Waals surface area contributed by atoms with E-state index in [0.717, 1.165) is 0 Å². The van der Waals surface area contributed by atoms with Crippen molar-refractivity contribution in [2.45, 2.75) is 6.92 Å². The molecule has 2 aromatic carbocycles. The maximum absolute atomic E-state index is 12.2. The summed E-state index contributed by atoms with van der Waals surface area (Å²) < 4.78 is 10.9. The lowest BCUT2D eigenvalue weighted by Gasteiger charge is -2.21. The molecule has 126 valence electrons. The van der Waals surface area contributed by atoms with Crippen LogP contribution in [0.3, 0.4) is 0 Å². The molecule has 0 atom stereocenters. The molecule has 0 heterocycles. The Morgan fingerprint density at radius 3 is 2.25 bits per heavy atom. The summed E-state index contributed by atoms with van der Waals surface area (Å²) in [6.07, 6.45) is 0. The molecule has 0 aromatic heterocycles. The SMILES string of the molecule is CCN(COc1ccccc1)C(=O)COc1ccc([N+](=O)[O-])cc1. The number of non-ortho nitro benzene ring substituents is 1. The molecule has 0 bridgehead atoms.